The number of anilines is 2. The van der Waals surface area contributed by atoms with Crippen molar-refractivity contribution in [3.63, 3.8) is 0 Å². The SMILES string of the molecule is CCCOc1ccc(C2=C(Nc3cccc(F)c3)C(=O)N(c3cccc(C)c3)C2=O)cc1. The van der Waals surface area contributed by atoms with Crippen LogP contribution in [0.2, 0.25) is 0 Å². The van der Waals surface area contributed by atoms with Gasteiger partial charge in [0.15, 0.2) is 0 Å². The topological polar surface area (TPSA) is 58.6 Å². The van der Waals surface area contributed by atoms with Crippen LogP contribution in [0.15, 0.2) is 78.5 Å². The van der Waals surface area contributed by atoms with E-state index in [1.807, 2.05) is 19.9 Å². The minimum Gasteiger partial charge on any atom is -0.494 e. The zero-order chi connectivity index (χ0) is 22.7. The van der Waals surface area contributed by atoms with Crippen LogP contribution in [0.1, 0.15) is 24.5 Å². The van der Waals surface area contributed by atoms with Crippen LogP contribution < -0.4 is 15.0 Å². The van der Waals surface area contributed by atoms with Gasteiger partial charge in [-0.25, -0.2) is 9.29 Å². The molecule has 1 heterocycles. The highest BCUT2D eigenvalue weighted by Gasteiger charge is 2.40. The quantitative estimate of drug-likeness (QED) is 0.516. The summed E-state index contributed by atoms with van der Waals surface area (Å²) in [5, 5.41) is 2.97. The molecule has 3 aromatic rings. The Bertz CT molecular complexity index is 1200. The molecule has 0 aliphatic carbocycles. The number of amides is 2. The first kappa shape index (κ1) is 21.3. The van der Waals surface area contributed by atoms with Crippen LogP contribution in [-0.4, -0.2) is 18.4 Å². The number of nitrogens with one attached hydrogen (secondary N) is 1. The maximum absolute atomic E-state index is 13.7. The number of benzene rings is 3. The number of halogens is 1. The van der Waals surface area contributed by atoms with Gasteiger partial charge < -0.3 is 10.1 Å². The smallest absolute Gasteiger partial charge is 0.282 e. The second-order valence-electron chi connectivity index (χ2n) is 7.54. The number of aryl methyl sites for hydroxylation is 1. The van der Waals surface area contributed by atoms with Gasteiger partial charge in [-0.2, -0.15) is 0 Å². The Kier molecular flexibility index (Phi) is 6.03. The molecule has 0 unspecified atom stereocenters. The van der Waals surface area contributed by atoms with E-state index in [0.717, 1.165) is 16.9 Å². The van der Waals surface area contributed by atoms with Crippen LogP contribution in [0.25, 0.3) is 5.57 Å². The Hall–Kier alpha value is -3.93. The molecule has 0 saturated heterocycles. The van der Waals surface area contributed by atoms with Crippen molar-refractivity contribution < 1.29 is 18.7 Å². The number of ether oxygens (including phenoxy) is 1. The third-order valence-corrected chi connectivity index (χ3v) is 5.05. The van der Waals surface area contributed by atoms with E-state index in [1.54, 1.807) is 48.5 Å². The Labute approximate surface area is 186 Å². The Morgan fingerprint density at radius 3 is 2.38 bits per heavy atom. The first-order chi connectivity index (χ1) is 15.5. The molecule has 0 spiro atoms. The summed E-state index contributed by atoms with van der Waals surface area (Å²) in [6.45, 7) is 4.50. The standard InChI is InChI=1S/C26H23FN2O3/c1-3-14-32-22-12-10-18(11-13-22)23-24(28-20-8-5-7-19(27)16-20)26(31)29(25(23)30)21-9-4-6-17(2)15-21/h4-13,15-16,28H,3,14H2,1-2H3. The van der Waals surface area contributed by atoms with Gasteiger partial charge in [-0.15, -0.1) is 0 Å². The fourth-order valence-electron chi connectivity index (χ4n) is 3.56. The predicted molar refractivity (Wildman–Crippen MR) is 123 cm³/mol. The highest BCUT2D eigenvalue weighted by Crippen LogP contribution is 2.34. The Morgan fingerprint density at radius 1 is 0.938 bits per heavy atom. The number of carbonyl (C=O) groups is 2. The second-order valence-corrected chi connectivity index (χ2v) is 7.54. The van der Waals surface area contributed by atoms with Crippen molar-refractivity contribution in [3.8, 4) is 5.75 Å². The molecule has 0 radical (unpaired) electrons. The minimum absolute atomic E-state index is 0.101. The lowest BCUT2D eigenvalue weighted by molar-refractivity contribution is -0.120. The number of rotatable bonds is 7. The van der Waals surface area contributed by atoms with E-state index >= 15 is 0 Å². The summed E-state index contributed by atoms with van der Waals surface area (Å²) in [6.07, 6.45) is 0.882. The van der Waals surface area contributed by atoms with Gasteiger partial charge in [0.25, 0.3) is 11.8 Å². The minimum atomic E-state index is -0.494. The summed E-state index contributed by atoms with van der Waals surface area (Å²) in [5.41, 5.74) is 2.69. The van der Waals surface area contributed by atoms with Crippen LogP contribution in [0.5, 0.6) is 5.75 Å². The van der Waals surface area contributed by atoms with Crippen LogP contribution in [-0.2, 0) is 9.59 Å². The first-order valence-electron chi connectivity index (χ1n) is 10.4. The normalized spacial score (nSPS) is 13.7. The van der Waals surface area contributed by atoms with Crippen molar-refractivity contribution in [2.45, 2.75) is 20.3 Å². The van der Waals surface area contributed by atoms with Gasteiger partial charge in [0.05, 0.1) is 17.9 Å². The number of hydrogen-bond donors (Lipinski definition) is 1. The van der Waals surface area contributed by atoms with E-state index in [2.05, 4.69) is 5.32 Å². The van der Waals surface area contributed by atoms with Crippen LogP contribution in [0.3, 0.4) is 0 Å². The lowest BCUT2D eigenvalue weighted by Crippen LogP contribution is -2.32. The number of carbonyl (C=O) groups excluding carboxylic acids is 2. The molecular weight excluding hydrogens is 407 g/mol. The van der Waals surface area contributed by atoms with Gasteiger partial charge in [-0.1, -0.05) is 37.3 Å². The molecule has 162 valence electrons. The summed E-state index contributed by atoms with van der Waals surface area (Å²) >= 11 is 0. The molecule has 0 saturated carbocycles. The van der Waals surface area contributed by atoms with Crippen molar-refractivity contribution in [2.24, 2.45) is 0 Å². The molecule has 1 aliphatic heterocycles. The van der Waals surface area contributed by atoms with Crippen molar-refractivity contribution in [2.75, 3.05) is 16.8 Å². The fourth-order valence-corrected chi connectivity index (χ4v) is 3.56. The van der Waals surface area contributed by atoms with Gasteiger partial charge in [0.1, 0.15) is 17.3 Å². The molecular formula is C26H23FN2O3. The van der Waals surface area contributed by atoms with E-state index in [-0.39, 0.29) is 11.3 Å². The monoisotopic (exact) mass is 430 g/mol. The van der Waals surface area contributed by atoms with E-state index in [9.17, 15) is 14.0 Å². The zero-order valence-electron chi connectivity index (χ0n) is 17.9. The Balaban J connectivity index is 1.77. The molecule has 32 heavy (non-hydrogen) atoms. The molecule has 6 heteroatoms. The predicted octanol–water partition coefficient (Wildman–Crippen LogP) is 5.32. The molecule has 3 aromatic carbocycles. The fraction of sp³-hybridized carbons (Fsp3) is 0.154. The molecule has 5 nitrogen and oxygen atoms in total. The largest absolute Gasteiger partial charge is 0.494 e. The van der Waals surface area contributed by atoms with Crippen LogP contribution >= 0.6 is 0 Å². The average Bonchev–Trinajstić information content (AvgIpc) is 3.02. The first-order valence-corrected chi connectivity index (χ1v) is 10.4. The third kappa shape index (κ3) is 4.25. The van der Waals surface area contributed by atoms with Gasteiger partial charge in [-0.3, -0.25) is 9.59 Å². The van der Waals surface area contributed by atoms with Gasteiger partial charge in [-0.05, 0) is 66.9 Å². The average molecular weight is 430 g/mol. The summed E-state index contributed by atoms with van der Waals surface area (Å²) in [6, 6.07) is 20.0. The van der Waals surface area contributed by atoms with Crippen LogP contribution in [0.4, 0.5) is 15.8 Å². The van der Waals surface area contributed by atoms with Gasteiger partial charge in [0, 0.05) is 5.69 Å². The zero-order valence-corrected chi connectivity index (χ0v) is 17.9. The lowest BCUT2D eigenvalue weighted by Gasteiger charge is -2.16. The number of hydrogen-bond acceptors (Lipinski definition) is 4. The van der Waals surface area contributed by atoms with Gasteiger partial charge in [0.2, 0.25) is 0 Å². The highest BCUT2D eigenvalue weighted by molar-refractivity contribution is 6.46. The molecule has 0 bridgehead atoms. The Morgan fingerprint density at radius 2 is 1.69 bits per heavy atom. The molecule has 2 amide bonds. The van der Waals surface area contributed by atoms with Gasteiger partial charge >= 0.3 is 0 Å². The van der Waals surface area contributed by atoms with E-state index in [4.69, 9.17) is 4.74 Å². The summed E-state index contributed by atoms with van der Waals surface area (Å²) < 4.78 is 19.4. The summed E-state index contributed by atoms with van der Waals surface area (Å²) in [7, 11) is 0. The summed E-state index contributed by atoms with van der Waals surface area (Å²) in [5.74, 6) is -0.696. The maximum atomic E-state index is 13.7. The second kappa shape index (κ2) is 9.06. The molecule has 1 N–H and O–H groups in total. The third-order valence-electron chi connectivity index (χ3n) is 5.05. The van der Waals surface area contributed by atoms with E-state index in [0.29, 0.717) is 29.3 Å². The molecule has 1 aliphatic rings. The van der Waals surface area contributed by atoms with Crippen LogP contribution in [0, 0.1) is 12.7 Å². The molecule has 0 atom stereocenters. The van der Waals surface area contributed by atoms with Crippen molar-refractivity contribution in [3.05, 3.63) is 95.4 Å². The van der Waals surface area contributed by atoms with Crippen molar-refractivity contribution >= 4 is 28.8 Å². The highest BCUT2D eigenvalue weighted by atomic mass is 19.1. The molecule has 4 rings (SSSR count). The van der Waals surface area contributed by atoms with Crippen molar-refractivity contribution in [1.82, 2.24) is 0 Å². The number of nitrogens with zero attached hydrogens (tertiary/aromatic N) is 1. The number of imide groups is 1. The maximum Gasteiger partial charge on any atom is 0.282 e. The molecule has 0 fully saturated rings. The van der Waals surface area contributed by atoms with Crippen molar-refractivity contribution in [1.29, 1.82) is 0 Å². The van der Waals surface area contributed by atoms with E-state index in [1.165, 1.54) is 18.2 Å². The lowest BCUT2D eigenvalue weighted by atomic mass is 10.0. The molecule has 0 aromatic heterocycles. The summed E-state index contributed by atoms with van der Waals surface area (Å²) in [4.78, 5) is 28.0. The van der Waals surface area contributed by atoms with E-state index < -0.39 is 17.6 Å².